The first-order valence-electron chi connectivity index (χ1n) is 15.7. The number of rotatable bonds is 13. The number of halogens is 3. The molecule has 3 aromatic carbocycles. The maximum Gasteiger partial charge on any atom is 0.407 e. The predicted molar refractivity (Wildman–Crippen MR) is 175 cm³/mol. The second-order valence-electron chi connectivity index (χ2n) is 12.3. The van der Waals surface area contributed by atoms with E-state index in [9.17, 15) is 28.3 Å². The molecule has 14 heteroatoms. The van der Waals surface area contributed by atoms with Gasteiger partial charge >= 0.3 is 12.2 Å². The van der Waals surface area contributed by atoms with Crippen LogP contribution in [-0.4, -0.2) is 80.4 Å². The molecule has 5 N–H and O–H groups in total. The van der Waals surface area contributed by atoms with Crippen LogP contribution in [0, 0.1) is 17.5 Å². The van der Waals surface area contributed by atoms with Gasteiger partial charge in [-0.2, -0.15) is 0 Å². The molecular formula is C35H41F3N4O7. The number of carbonyl (C=O) groups excluding carboxylic acids is 3. The van der Waals surface area contributed by atoms with Crippen molar-refractivity contribution < 1.29 is 46.9 Å². The highest BCUT2D eigenvalue weighted by Crippen LogP contribution is 2.31. The van der Waals surface area contributed by atoms with Gasteiger partial charge in [0.2, 0.25) is 5.91 Å². The molecule has 49 heavy (non-hydrogen) atoms. The van der Waals surface area contributed by atoms with Crippen LogP contribution in [-0.2, 0) is 25.4 Å². The fraction of sp³-hybridized carbons (Fsp3) is 0.400. The molecule has 1 aliphatic rings. The summed E-state index contributed by atoms with van der Waals surface area (Å²) < 4.78 is 58.8. The maximum atomic E-state index is 15.2. The van der Waals surface area contributed by atoms with Crippen molar-refractivity contribution in [1.82, 2.24) is 16.0 Å². The van der Waals surface area contributed by atoms with Gasteiger partial charge in [-0.15, -0.1) is 0 Å². The van der Waals surface area contributed by atoms with Crippen LogP contribution in [0.4, 0.5) is 28.4 Å². The number of aliphatic hydroxyl groups is 1. The van der Waals surface area contributed by atoms with E-state index >= 15 is 4.39 Å². The molecule has 0 aliphatic carbocycles. The number of hydrogen-bond acceptors (Lipinski definition) is 8. The molecule has 3 aromatic rings. The van der Waals surface area contributed by atoms with Crippen LogP contribution < -0.4 is 21.3 Å². The molecule has 11 nitrogen and oxygen atoms in total. The minimum Gasteiger partial charge on any atom is -0.453 e. The molecule has 1 saturated heterocycles. The summed E-state index contributed by atoms with van der Waals surface area (Å²) in [6.07, 6.45) is -1.32. The molecule has 1 heterocycles. The summed E-state index contributed by atoms with van der Waals surface area (Å²) >= 11 is 0. The monoisotopic (exact) mass is 686 g/mol. The van der Waals surface area contributed by atoms with Crippen molar-refractivity contribution in [1.29, 1.82) is 0 Å². The Morgan fingerprint density at radius 1 is 0.980 bits per heavy atom. The lowest BCUT2D eigenvalue weighted by Gasteiger charge is -2.30. The first-order valence-corrected chi connectivity index (χ1v) is 15.7. The summed E-state index contributed by atoms with van der Waals surface area (Å²) in [6.45, 7) is 3.83. The molecule has 0 aromatic heterocycles. The second kappa shape index (κ2) is 17.1. The van der Waals surface area contributed by atoms with Crippen molar-refractivity contribution in [2.75, 3.05) is 38.7 Å². The fourth-order valence-electron chi connectivity index (χ4n) is 5.33. The van der Waals surface area contributed by atoms with E-state index in [2.05, 4.69) is 21.3 Å². The van der Waals surface area contributed by atoms with Gasteiger partial charge in [0, 0.05) is 30.3 Å². The molecule has 1 aliphatic heterocycles. The molecule has 0 unspecified atom stereocenters. The summed E-state index contributed by atoms with van der Waals surface area (Å²) in [6, 6.07) is 13.3. The lowest BCUT2D eigenvalue weighted by molar-refractivity contribution is -0.118. The SMILES string of the molecule is COC(=O)N[C@H](C(=O)Nc1cccc(F)c1CC[C@@H]1CN[C@H](COC(=O)NCC(C)(C)O)CO1)C(c1ccc(F)cc1)c1ccc(F)cc1. The number of amides is 3. The Kier molecular flexibility index (Phi) is 13.0. The molecule has 3 amide bonds. The van der Waals surface area contributed by atoms with Crippen molar-refractivity contribution in [2.24, 2.45) is 0 Å². The summed E-state index contributed by atoms with van der Waals surface area (Å²) in [4.78, 5) is 38.3. The Balaban J connectivity index is 1.45. The maximum absolute atomic E-state index is 15.2. The number of ether oxygens (including phenoxy) is 3. The number of hydrogen-bond donors (Lipinski definition) is 5. The number of nitrogens with one attached hydrogen (secondary N) is 4. The van der Waals surface area contributed by atoms with Gasteiger partial charge in [0.1, 0.15) is 30.1 Å². The van der Waals surface area contributed by atoms with Crippen LogP contribution in [0.15, 0.2) is 66.7 Å². The highest BCUT2D eigenvalue weighted by Gasteiger charge is 2.34. The van der Waals surface area contributed by atoms with E-state index in [1.165, 1.54) is 66.7 Å². The van der Waals surface area contributed by atoms with Gasteiger partial charge in [-0.1, -0.05) is 30.3 Å². The molecule has 0 bridgehead atoms. The average Bonchev–Trinajstić information content (AvgIpc) is 3.07. The molecule has 3 atom stereocenters. The first kappa shape index (κ1) is 37.2. The largest absolute Gasteiger partial charge is 0.453 e. The van der Waals surface area contributed by atoms with Crippen molar-refractivity contribution in [3.05, 3.63) is 101 Å². The van der Waals surface area contributed by atoms with E-state index in [0.29, 0.717) is 24.1 Å². The van der Waals surface area contributed by atoms with Crippen LogP contribution in [0.25, 0.3) is 0 Å². The van der Waals surface area contributed by atoms with E-state index in [4.69, 9.17) is 14.2 Å². The van der Waals surface area contributed by atoms with Crippen LogP contribution >= 0.6 is 0 Å². The summed E-state index contributed by atoms with van der Waals surface area (Å²) in [5.74, 6) is -3.22. The van der Waals surface area contributed by atoms with Gasteiger partial charge in [-0.25, -0.2) is 22.8 Å². The number of benzene rings is 3. The molecular weight excluding hydrogens is 645 g/mol. The Morgan fingerprint density at radius 2 is 1.61 bits per heavy atom. The molecule has 4 rings (SSSR count). The third-order valence-corrected chi connectivity index (χ3v) is 7.87. The van der Waals surface area contributed by atoms with Gasteiger partial charge in [0.15, 0.2) is 0 Å². The molecule has 1 fully saturated rings. The van der Waals surface area contributed by atoms with E-state index in [-0.39, 0.29) is 49.6 Å². The number of anilines is 1. The topological polar surface area (TPSA) is 147 Å². The fourth-order valence-corrected chi connectivity index (χ4v) is 5.33. The van der Waals surface area contributed by atoms with Crippen molar-refractivity contribution in [2.45, 2.75) is 56.4 Å². The Labute approximate surface area is 282 Å². The predicted octanol–water partition coefficient (Wildman–Crippen LogP) is 4.39. The van der Waals surface area contributed by atoms with Crippen molar-refractivity contribution in [3.63, 3.8) is 0 Å². The van der Waals surface area contributed by atoms with Gasteiger partial charge < -0.3 is 40.6 Å². The van der Waals surface area contributed by atoms with Crippen LogP contribution in [0.5, 0.6) is 0 Å². The summed E-state index contributed by atoms with van der Waals surface area (Å²) in [5, 5.41) is 20.7. The Morgan fingerprint density at radius 3 is 2.16 bits per heavy atom. The van der Waals surface area contributed by atoms with Crippen LogP contribution in [0.2, 0.25) is 0 Å². The molecule has 0 saturated carbocycles. The van der Waals surface area contributed by atoms with Crippen LogP contribution in [0.3, 0.4) is 0 Å². The molecule has 264 valence electrons. The standard InChI is InChI=1S/C35H41F3N4O7/c1-35(2,46)20-40-33(44)49-19-25-18-48-26(17-39-25)15-16-27-28(38)5-4-6-29(27)41-32(43)31(42-34(45)47-3)30(21-7-11-23(36)12-8-21)22-9-13-24(37)14-10-22/h4-14,25-26,30-31,39,46H,15-20H2,1-3H3,(H,40,44)(H,41,43)(H,42,45)/t25-,26+,31-/m0/s1. The Bertz CT molecular complexity index is 1520. The quantitative estimate of drug-likeness (QED) is 0.178. The second-order valence-corrected chi connectivity index (χ2v) is 12.3. The summed E-state index contributed by atoms with van der Waals surface area (Å²) in [7, 11) is 1.13. The third kappa shape index (κ3) is 11.2. The Hall–Kier alpha value is -4.66. The highest BCUT2D eigenvalue weighted by molar-refractivity contribution is 5.98. The zero-order valence-corrected chi connectivity index (χ0v) is 27.4. The van der Waals surface area contributed by atoms with Gasteiger partial charge in [0.05, 0.1) is 31.5 Å². The number of methoxy groups -OCH3 is 1. The number of carbonyl (C=O) groups is 3. The molecule has 0 radical (unpaired) electrons. The van der Waals surface area contributed by atoms with Crippen molar-refractivity contribution in [3.8, 4) is 0 Å². The van der Waals surface area contributed by atoms with Gasteiger partial charge in [0.25, 0.3) is 0 Å². The average molecular weight is 687 g/mol. The lowest BCUT2D eigenvalue weighted by Crippen LogP contribution is -2.49. The lowest BCUT2D eigenvalue weighted by atomic mass is 9.84. The van der Waals surface area contributed by atoms with Gasteiger partial charge in [-0.3, -0.25) is 4.79 Å². The first-order chi connectivity index (χ1) is 23.3. The van der Waals surface area contributed by atoms with Crippen molar-refractivity contribution >= 4 is 23.8 Å². The zero-order chi connectivity index (χ0) is 35.6. The van der Waals surface area contributed by atoms with E-state index in [1.807, 2.05) is 0 Å². The zero-order valence-electron chi connectivity index (χ0n) is 27.4. The van der Waals surface area contributed by atoms with E-state index in [1.54, 1.807) is 13.8 Å². The van der Waals surface area contributed by atoms with E-state index < -0.39 is 53.1 Å². The minimum absolute atomic E-state index is 0.0342. The van der Waals surface area contributed by atoms with Crippen LogP contribution in [0.1, 0.15) is 42.9 Å². The van der Waals surface area contributed by atoms with Gasteiger partial charge in [-0.05, 0) is 74.2 Å². The van der Waals surface area contributed by atoms with E-state index in [0.717, 1.165) is 7.11 Å². The highest BCUT2D eigenvalue weighted by atomic mass is 19.1. The number of morpholine rings is 1. The number of alkyl carbamates (subject to hydrolysis) is 2. The third-order valence-electron chi connectivity index (χ3n) is 7.87. The molecule has 0 spiro atoms. The minimum atomic E-state index is -1.35. The summed E-state index contributed by atoms with van der Waals surface area (Å²) in [5.41, 5.74) is 0.210. The normalized spacial score (nSPS) is 16.8. The smallest absolute Gasteiger partial charge is 0.407 e.